The molecule has 142 valence electrons. The van der Waals surface area contributed by atoms with E-state index in [1.165, 1.54) is 32.4 Å². The third-order valence-corrected chi connectivity index (χ3v) is 3.66. The molecule has 2 aromatic carbocycles. The van der Waals surface area contributed by atoms with Crippen LogP contribution in [0.2, 0.25) is 0 Å². The maximum absolute atomic E-state index is 11.8. The molecule has 0 atom stereocenters. The molecule has 4 N–H and O–H groups in total. The zero-order valence-corrected chi connectivity index (χ0v) is 15.0. The molecule has 1 amide bonds. The first-order valence-electron chi connectivity index (χ1n) is 8.03. The minimum Gasteiger partial charge on any atom is -0.504 e. The molecule has 7 nitrogen and oxygen atoms in total. The van der Waals surface area contributed by atoms with Gasteiger partial charge in [0.2, 0.25) is 11.7 Å². The van der Waals surface area contributed by atoms with E-state index in [0.29, 0.717) is 5.56 Å². The number of hydrogen-bond donors (Lipinski definition) is 4. The number of phenolic OH excluding ortho intramolecular Hbond substituents is 3. The normalized spacial score (nSPS) is 11.0. The quantitative estimate of drug-likeness (QED) is 0.339. The molecule has 2 rings (SSSR count). The summed E-state index contributed by atoms with van der Waals surface area (Å²) in [5.74, 6) is -0.265. The first-order valence-corrected chi connectivity index (χ1v) is 8.03. The number of ether oxygens (including phenoxy) is 2. The van der Waals surface area contributed by atoms with E-state index in [4.69, 9.17) is 9.47 Å². The number of carbonyl (C=O) groups is 1. The van der Waals surface area contributed by atoms with Crippen LogP contribution in [0.5, 0.6) is 28.7 Å². The minimum absolute atomic E-state index is 0.0765. The topological polar surface area (TPSA) is 108 Å². The summed E-state index contributed by atoms with van der Waals surface area (Å²) in [6, 6.07) is 7.62. The number of allylic oxidation sites excluding steroid dienone is 2. The van der Waals surface area contributed by atoms with Crippen molar-refractivity contribution in [1.29, 1.82) is 0 Å². The third-order valence-electron chi connectivity index (χ3n) is 3.66. The fourth-order valence-corrected chi connectivity index (χ4v) is 2.25. The number of hydrogen-bond acceptors (Lipinski definition) is 6. The standard InChI is InChI=1S/C20H21NO6/c1-26-17-10-13(11-18(27-2)20(17)25)5-3-4-6-19(24)21-12-14-7-8-15(22)16(23)9-14/h3-11,22-23,25H,12H2,1-2H3,(H,21,24)/b5-3+,6-4+. The molecule has 0 aliphatic rings. The van der Waals surface area contributed by atoms with Crippen molar-refractivity contribution in [3.63, 3.8) is 0 Å². The third kappa shape index (κ3) is 5.43. The molecule has 0 saturated heterocycles. The zero-order chi connectivity index (χ0) is 19.8. The van der Waals surface area contributed by atoms with E-state index >= 15 is 0 Å². The summed E-state index contributed by atoms with van der Waals surface area (Å²) in [5, 5.41) is 31.2. The molecular weight excluding hydrogens is 350 g/mol. The van der Waals surface area contributed by atoms with Gasteiger partial charge in [0.15, 0.2) is 23.0 Å². The summed E-state index contributed by atoms with van der Waals surface area (Å²) in [5.41, 5.74) is 1.39. The fourth-order valence-electron chi connectivity index (χ4n) is 2.25. The SMILES string of the molecule is COc1cc(/C=C/C=C/C(=O)NCc2ccc(O)c(O)c2)cc(OC)c1O. The Labute approximate surface area is 156 Å². The van der Waals surface area contributed by atoms with Crippen LogP contribution in [0.1, 0.15) is 11.1 Å². The van der Waals surface area contributed by atoms with Crippen LogP contribution in [-0.4, -0.2) is 35.4 Å². The lowest BCUT2D eigenvalue weighted by Gasteiger charge is -2.09. The predicted octanol–water partition coefficient (Wildman–Crippen LogP) is 2.71. The summed E-state index contributed by atoms with van der Waals surface area (Å²) < 4.78 is 10.2. The lowest BCUT2D eigenvalue weighted by atomic mass is 10.1. The highest BCUT2D eigenvalue weighted by atomic mass is 16.5. The van der Waals surface area contributed by atoms with E-state index in [1.807, 2.05) is 0 Å². The molecule has 2 aromatic rings. The fraction of sp³-hybridized carbons (Fsp3) is 0.150. The number of carbonyl (C=O) groups excluding carboxylic acids is 1. The van der Waals surface area contributed by atoms with E-state index in [0.717, 1.165) is 5.56 Å². The van der Waals surface area contributed by atoms with Crippen LogP contribution in [0.4, 0.5) is 0 Å². The van der Waals surface area contributed by atoms with Crippen LogP contribution in [-0.2, 0) is 11.3 Å². The maximum atomic E-state index is 11.8. The molecule has 0 saturated carbocycles. The van der Waals surface area contributed by atoms with Crippen molar-refractivity contribution in [3.8, 4) is 28.7 Å². The molecule has 0 fully saturated rings. The van der Waals surface area contributed by atoms with Crippen molar-refractivity contribution >= 4 is 12.0 Å². The van der Waals surface area contributed by atoms with Gasteiger partial charge in [-0.2, -0.15) is 0 Å². The monoisotopic (exact) mass is 371 g/mol. The Morgan fingerprint density at radius 3 is 2.26 bits per heavy atom. The molecule has 0 unspecified atom stereocenters. The molecule has 7 heteroatoms. The van der Waals surface area contributed by atoms with Gasteiger partial charge in [-0.3, -0.25) is 4.79 Å². The Hall–Kier alpha value is -3.61. The summed E-state index contributed by atoms with van der Waals surface area (Å²) in [6.07, 6.45) is 6.31. The molecule has 27 heavy (non-hydrogen) atoms. The molecule has 0 aliphatic heterocycles. The van der Waals surface area contributed by atoms with Gasteiger partial charge in [0.1, 0.15) is 0 Å². The van der Waals surface area contributed by atoms with Gasteiger partial charge in [0, 0.05) is 12.6 Å². The maximum Gasteiger partial charge on any atom is 0.244 e. The van der Waals surface area contributed by atoms with Gasteiger partial charge in [0.05, 0.1) is 14.2 Å². The average molecular weight is 371 g/mol. The number of aromatic hydroxyl groups is 3. The van der Waals surface area contributed by atoms with Gasteiger partial charge in [0.25, 0.3) is 0 Å². The number of rotatable bonds is 7. The van der Waals surface area contributed by atoms with Gasteiger partial charge in [-0.25, -0.2) is 0 Å². The average Bonchev–Trinajstić information content (AvgIpc) is 2.67. The van der Waals surface area contributed by atoms with Crippen molar-refractivity contribution in [2.45, 2.75) is 6.54 Å². The second-order valence-electron chi connectivity index (χ2n) is 5.53. The van der Waals surface area contributed by atoms with Crippen molar-refractivity contribution in [3.05, 3.63) is 59.7 Å². The second-order valence-corrected chi connectivity index (χ2v) is 5.53. The van der Waals surface area contributed by atoms with Gasteiger partial charge in [-0.15, -0.1) is 0 Å². The summed E-state index contributed by atoms with van der Waals surface area (Å²) in [6.45, 7) is 0.215. The lowest BCUT2D eigenvalue weighted by molar-refractivity contribution is -0.116. The smallest absolute Gasteiger partial charge is 0.244 e. The summed E-state index contributed by atoms with van der Waals surface area (Å²) >= 11 is 0. The number of benzene rings is 2. The highest BCUT2D eigenvalue weighted by Crippen LogP contribution is 2.37. The van der Waals surface area contributed by atoms with Crippen molar-refractivity contribution in [2.75, 3.05) is 14.2 Å². The number of amides is 1. The number of nitrogens with one attached hydrogen (secondary N) is 1. The van der Waals surface area contributed by atoms with Crippen LogP contribution in [0, 0.1) is 0 Å². The number of phenols is 3. The molecule has 0 bridgehead atoms. The van der Waals surface area contributed by atoms with E-state index in [9.17, 15) is 20.1 Å². The Bertz CT molecular complexity index is 848. The molecule has 0 aromatic heterocycles. The van der Waals surface area contributed by atoms with E-state index in [1.54, 1.807) is 36.4 Å². The first-order chi connectivity index (χ1) is 12.9. The molecular formula is C20H21NO6. The number of methoxy groups -OCH3 is 2. The van der Waals surface area contributed by atoms with E-state index in [-0.39, 0.29) is 41.2 Å². The first kappa shape index (κ1) is 19.7. The zero-order valence-electron chi connectivity index (χ0n) is 15.0. The molecule has 0 spiro atoms. The Balaban J connectivity index is 1.94. The molecule has 0 heterocycles. The van der Waals surface area contributed by atoms with Gasteiger partial charge in [-0.05, 0) is 35.4 Å². The van der Waals surface area contributed by atoms with Crippen LogP contribution in [0.3, 0.4) is 0 Å². The van der Waals surface area contributed by atoms with Gasteiger partial charge in [-0.1, -0.05) is 24.3 Å². The Morgan fingerprint density at radius 2 is 1.67 bits per heavy atom. The molecule has 0 aliphatic carbocycles. The second kappa shape index (κ2) is 9.19. The van der Waals surface area contributed by atoms with E-state index in [2.05, 4.69) is 5.32 Å². The Kier molecular flexibility index (Phi) is 6.71. The van der Waals surface area contributed by atoms with E-state index < -0.39 is 0 Å². The summed E-state index contributed by atoms with van der Waals surface area (Å²) in [7, 11) is 2.89. The van der Waals surface area contributed by atoms with Crippen LogP contribution in [0.25, 0.3) is 6.08 Å². The van der Waals surface area contributed by atoms with Crippen molar-refractivity contribution < 1.29 is 29.6 Å². The van der Waals surface area contributed by atoms with Gasteiger partial charge < -0.3 is 30.1 Å². The highest BCUT2D eigenvalue weighted by molar-refractivity contribution is 5.87. The predicted molar refractivity (Wildman–Crippen MR) is 101 cm³/mol. The van der Waals surface area contributed by atoms with Crippen molar-refractivity contribution in [1.82, 2.24) is 5.32 Å². The minimum atomic E-state index is -0.312. The summed E-state index contributed by atoms with van der Waals surface area (Å²) in [4.78, 5) is 11.8. The molecule has 0 radical (unpaired) electrons. The Morgan fingerprint density at radius 1 is 1.00 bits per heavy atom. The van der Waals surface area contributed by atoms with Gasteiger partial charge >= 0.3 is 0 Å². The van der Waals surface area contributed by atoms with Crippen LogP contribution >= 0.6 is 0 Å². The van der Waals surface area contributed by atoms with Crippen molar-refractivity contribution in [2.24, 2.45) is 0 Å². The largest absolute Gasteiger partial charge is 0.504 e. The van der Waals surface area contributed by atoms with Crippen LogP contribution in [0.15, 0.2) is 48.6 Å². The lowest BCUT2D eigenvalue weighted by Crippen LogP contribution is -2.20. The van der Waals surface area contributed by atoms with Crippen LogP contribution < -0.4 is 14.8 Å². The highest BCUT2D eigenvalue weighted by Gasteiger charge is 2.09.